The summed E-state index contributed by atoms with van der Waals surface area (Å²) in [6.45, 7) is 1.71. The Morgan fingerprint density at radius 3 is 2.90 bits per heavy atom. The molecule has 0 bridgehead atoms. The number of ether oxygens (including phenoxy) is 1. The van der Waals surface area contributed by atoms with E-state index >= 15 is 0 Å². The molecule has 2 aromatic heterocycles. The highest BCUT2D eigenvalue weighted by Crippen LogP contribution is 2.23. The molecule has 0 radical (unpaired) electrons. The van der Waals surface area contributed by atoms with Gasteiger partial charge in [-0.05, 0) is 19.1 Å². The zero-order chi connectivity index (χ0) is 14.3. The monoisotopic (exact) mass is 289 g/mol. The average molecular weight is 290 g/mol. The van der Waals surface area contributed by atoms with Crippen LogP contribution in [-0.2, 0) is 0 Å². The number of rotatable bonds is 2. The number of aryl methyl sites for hydroxylation is 1. The molecule has 5 nitrogen and oxygen atoms in total. The summed E-state index contributed by atoms with van der Waals surface area (Å²) in [6.07, 6.45) is 0. The summed E-state index contributed by atoms with van der Waals surface area (Å²) in [5, 5.41) is 3.13. The van der Waals surface area contributed by atoms with Gasteiger partial charge in [0.25, 0.3) is 5.56 Å². The van der Waals surface area contributed by atoms with Crippen molar-refractivity contribution in [3.63, 3.8) is 0 Å². The number of nitrogens with zero attached hydrogens (tertiary/aromatic N) is 2. The molecule has 0 aliphatic carbocycles. The van der Waals surface area contributed by atoms with E-state index in [0.717, 1.165) is 17.0 Å². The quantitative estimate of drug-likeness (QED) is 0.789. The lowest BCUT2D eigenvalue weighted by atomic mass is 10.1. The smallest absolute Gasteiger partial charge is 0.291 e. The molecular weight excluding hydrogens is 278 g/mol. The molecule has 2 heterocycles. The molecule has 0 fully saturated rings. The SMILES string of the molecule is COc1cccc(-c2cc3nc(C)c(Cl)c(=O)n3[nH]2)c1. The lowest BCUT2D eigenvalue weighted by molar-refractivity contribution is 0.415. The van der Waals surface area contributed by atoms with Gasteiger partial charge in [0.2, 0.25) is 0 Å². The molecule has 0 saturated heterocycles. The van der Waals surface area contributed by atoms with E-state index < -0.39 is 0 Å². The summed E-state index contributed by atoms with van der Waals surface area (Å²) < 4.78 is 6.53. The fourth-order valence-electron chi connectivity index (χ4n) is 2.05. The average Bonchev–Trinajstić information content (AvgIpc) is 2.89. The van der Waals surface area contributed by atoms with Crippen LogP contribution in [0.1, 0.15) is 5.69 Å². The van der Waals surface area contributed by atoms with Crippen LogP contribution in [-0.4, -0.2) is 21.7 Å². The summed E-state index contributed by atoms with van der Waals surface area (Å²) in [4.78, 5) is 16.3. The minimum absolute atomic E-state index is 0.126. The van der Waals surface area contributed by atoms with Crippen molar-refractivity contribution in [3.05, 3.63) is 51.4 Å². The molecule has 0 saturated carbocycles. The Balaban J connectivity index is 2.23. The summed E-state index contributed by atoms with van der Waals surface area (Å²) >= 11 is 5.92. The van der Waals surface area contributed by atoms with Crippen LogP contribution < -0.4 is 10.3 Å². The van der Waals surface area contributed by atoms with Crippen LogP contribution in [0.25, 0.3) is 16.9 Å². The second kappa shape index (κ2) is 4.68. The number of hydrogen-bond donors (Lipinski definition) is 1. The van der Waals surface area contributed by atoms with Gasteiger partial charge in [-0.2, -0.15) is 4.52 Å². The topological polar surface area (TPSA) is 59.4 Å². The molecule has 102 valence electrons. The van der Waals surface area contributed by atoms with E-state index in [9.17, 15) is 4.79 Å². The van der Waals surface area contributed by atoms with Gasteiger partial charge < -0.3 is 4.74 Å². The molecule has 0 spiro atoms. The summed E-state index contributed by atoms with van der Waals surface area (Å²) in [5.74, 6) is 0.746. The maximum absolute atomic E-state index is 12.1. The highest BCUT2D eigenvalue weighted by atomic mass is 35.5. The zero-order valence-corrected chi connectivity index (χ0v) is 11.7. The number of H-pyrrole nitrogens is 1. The predicted molar refractivity (Wildman–Crippen MR) is 77.5 cm³/mol. The second-order valence-electron chi connectivity index (χ2n) is 4.41. The third kappa shape index (κ3) is 1.96. The second-order valence-corrected chi connectivity index (χ2v) is 4.79. The van der Waals surface area contributed by atoms with Gasteiger partial charge in [0.1, 0.15) is 10.8 Å². The van der Waals surface area contributed by atoms with E-state index in [1.54, 1.807) is 20.1 Å². The number of aromatic nitrogens is 3. The van der Waals surface area contributed by atoms with Gasteiger partial charge in [0.05, 0.1) is 18.5 Å². The number of benzene rings is 1. The standard InChI is InChI=1S/C14H12ClN3O2/c1-8-13(15)14(19)18-12(16-8)7-11(17-18)9-4-3-5-10(6-9)20-2/h3-7,17H,1-2H3. The van der Waals surface area contributed by atoms with Crippen molar-refractivity contribution in [2.45, 2.75) is 6.92 Å². The summed E-state index contributed by atoms with van der Waals surface area (Å²) in [7, 11) is 1.61. The Kier molecular flexibility index (Phi) is 2.99. The fourth-order valence-corrected chi connectivity index (χ4v) is 2.18. The Bertz CT molecular complexity index is 851. The highest BCUT2D eigenvalue weighted by Gasteiger charge is 2.11. The maximum Gasteiger partial charge on any atom is 0.291 e. The fraction of sp³-hybridized carbons (Fsp3) is 0.143. The molecule has 1 aromatic carbocycles. The summed E-state index contributed by atoms with van der Waals surface area (Å²) in [5.41, 5.74) is 2.43. The number of methoxy groups -OCH3 is 1. The van der Waals surface area contributed by atoms with Gasteiger partial charge in [-0.1, -0.05) is 23.7 Å². The van der Waals surface area contributed by atoms with Crippen molar-refractivity contribution < 1.29 is 4.74 Å². The number of aromatic amines is 1. The van der Waals surface area contributed by atoms with Crippen LogP contribution >= 0.6 is 11.6 Å². The first-order valence-electron chi connectivity index (χ1n) is 6.02. The third-order valence-electron chi connectivity index (χ3n) is 3.11. The van der Waals surface area contributed by atoms with Crippen LogP contribution in [0.4, 0.5) is 0 Å². The Morgan fingerprint density at radius 1 is 1.35 bits per heavy atom. The largest absolute Gasteiger partial charge is 0.497 e. The van der Waals surface area contributed by atoms with Crippen LogP contribution in [0.15, 0.2) is 35.1 Å². The van der Waals surface area contributed by atoms with E-state index in [1.165, 1.54) is 4.52 Å². The number of fused-ring (bicyclic) bond motifs is 1. The van der Waals surface area contributed by atoms with E-state index in [0.29, 0.717) is 11.3 Å². The third-order valence-corrected chi connectivity index (χ3v) is 3.54. The molecular formula is C14H12ClN3O2. The summed E-state index contributed by atoms with van der Waals surface area (Å²) in [6, 6.07) is 9.35. The van der Waals surface area contributed by atoms with E-state index in [1.807, 2.05) is 24.3 Å². The van der Waals surface area contributed by atoms with Crippen LogP contribution in [0, 0.1) is 6.92 Å². The van der Waals surface area contributed by atoms with Gasteiger partial charge in [0.15, 0.2) is 5.65 Å². The molecule has 20 heavy (non-hydrogen) atoms. The van der Waals surface area contributed by atoms with Crippen molar-refractivity contribution in [2.75, 3.05) is 7.11 Å². The van der Waals surface area contributed by atoms with E-state index in [4.69, 9.17) is 16.3 Å². The van der Waals surface area contributed by atoms with Crippen LogP contribution in [0.3, 0.4) is 0 Å². The van der Waals surface area contributed by atoms with Crippen LogP contribution in [0.2, 0.25) is 5.02 Å². The highest BCUT2D eigenvalue weighted by molar-refractivity contribution is 6.31. The van der Waals surface area contributed by atoms with Gasteiger partial charge in [-0.3, -0.25) is 9.89 Å². The first-order valence-corrected chi connectivity index (χ1v) is 6.40. The molecule has 0 aliphatic heterocycles. The lowest BCUT2D eigenvalue weighted by Gasteiger charge is -2.01. The van der Waals surface area contributed by atoms with Crippen LogP contribution in [0.5, 0.6) is 5.75 Å². The minimum atomic E-state index is -0.302. The zero-order valence-electron chi connectivity index (χ0n) is 11.0. The predicted octanol–water partition coefficient (Wildman–Crippen LogP) is 2.66. The van der Waals surface area contributed by atoms with Crippen molar-refractivity contribution >= 4 is 17.2 Å². The van der Waals surface area contributed by atoms with Crippen molar-refractivity contribution in [1.29, 1.82) is 0 Å². The molecule has 0 aliphatic rings. The molecule has 6 heteroatoms. The first-order chi connectivity index (χ1) is 9.60. The van der Waals surface area contributed by atoms with Gasteiger partial charge in [0, 0.05) is 11.6 Å². The van der Waals surface area contributed by atoms with E-state index in [2.05, 4.69) is 10.1 Å². The van der Waals surface area contributed by atoms with Gasteiger partial charge in [-0.25, -0.2) is 4.98 Å². The number of nitrogens with one attached hydrogen (secondary N) is 1. The lowest BCUT2D eigenvalue weighted by Crippen LogP contribution is -2.16. The Hall–Kier alpha value is -2.27. The number of halogens is 1. The normalized spacial score (nSPS) is 10.9. The van der Waals surface area contributed by atoms with E-state index in [-0.39, 0.29) is 10.6 Å². The Labute approximate surface area is 119 Å². The molecule has 0 atom stereocenters. The molecule has 1 N–H and O–H groups in total. The molecule has 3 rings (SSSR count). The van der Waals surface area contributed by atoms with Crippen molar-refractivity contribution in [2.24, 2.45) is 0 Å². The molecule has 0 unspecified atom stereocenters. The maximum atomic E-state index is 12.1. The molecule has 0 amide bonds. The van der Waals surface area contributed by atoms with Gasteiger partial charge in [-0.15, -0.1) is 0 Å². The molecule has 3 aromatic rings. The first kappa shape index (κ1) is 12.7. The van der Waals surface area contributed by atoms with Crippen molar-refractivity contribution in [3.8, 4) is 17.0 Å². The van der Waals surface area contributed by atoms with Crippen molar-refractivity contribution in [1.82, 2.24) is 14.6 Å². The minimum Gasteiger partial charge on any atom is -0.497 e. The number of hydrogen-bond acceptors (Lipinski definition) is 3. The van der Waals surface area contributed by atoms with Gasteiger partial charge >= 0.3 is 0 Å². The Morgan fingerprint density at radius 2 is 2.15 bits per heavy atom.